The predicted octanol–water partition coefficient (Wildman–Crippen LogP) is 5.65. The Morgan fingerprint density at radius 2 is 2.07 bits per heavy atom. The van der Waals surface area contributed by atoms with Crippen molar-refractivity contribution in [2.75, 3.05) is 11.2 Å². The van der Waals surface area contributed by atoms with E-state index in [0.717, 1.165) is 40.0 Å². The summed E-state index contributed by atoms with van der Waals surface area (Å²) >= 11 is 9.11. The number of esters is 1. The topological polar surface area (TPSA) is 55.6 Å². The number of imidazole rings is 1. The molecule has 0 amide bonds. The van der Waals surface area contributed by atoms with Crippen LogP contribution >= 0.6 is 27.5 Å². The molecule has 0 aliphatic heterocycles. The van der Waals surface area contributed by atoms with Crippen LogP contribution in [0.1, 0.15) is 32.1 Å². The molecule has 0 unspecified atom stereocenters. The molecule has 2 heterocycles. The van der Waals surface area contributed by atoms with Gasteiger partial charge in [-0.3, -0.25) is 9.20 Å². The molecular formula is C21H21BrClN3O2. The summed E-state index contributed by atoms with van der Waals surface area (Å²) < 4.78 is 8.34. The van der Waals surface area contributed by atoms with Crippen molar-refractivity contribution < 1.29 is 9.53 Å². The number of hydrogen-bond donors (Lipinski definition) is 1. The van der Waals surface area contributed by atoms with E-state index in [-0.39, 0.29) is 5.88 Å². The fourth-order valence-electron chi connectivity index (χ4n) is 3.66. The lowest BCUT2D eigenvalue weighted by Crippen LogP contribution is -2.23. The molecule has 28 heavy (non-hydrogen) atoms. The SMILES string of the molecule is O=C(CCl)Oc1cccc(-c2nc3ccc(Br)cn3c2NC2CCCCC2)c1. The number of rotatable bonds is 5. The van der Waals surface area contributed by atoms with Crippen LogP contribution in [0.25, 0.3) is 16.9 Å². The normalized spacial score (nSPS) is 14.9. The number of anilines is 1. The van der Waals surface area contributed by atoms with E-state index < -0.39 is 5.97 Å². The summed E-state index contributed by atoms with van der Waals surface area (Å²) in [6.45, 7) is 0. The molecule has 0 spiro atoms. The number of benzene rings is 1. The lowest BCUT2D eigenvalue weighted by Gasteiger charge is -2.24. The molecule has 1 aliphatic rings. The Kier molecular flexibility index (Phi) is 5.87. The Labute approximate surface area is 177 Å². The molecule has 7 heteroatoms. The van der Waals surface area contributed by atoms with E-state index in [2.05, 4.69) is 25.6 Å². The standard InChI is InChI=1S/C21H21BrClN3O2/c22-15-9-10-18-25-20(14-5-4-8-17(11-14)28-19(27)12-23)21(26(18)13-15)24-16-6-2-1-3-7-16/h4-5,8-11,13,16,24H,1-3,6-7,12H2. The van der Waals surface area contributed by atoms with Gasteiger partial charge in [0.2, 0.25) is 0 Å². The molecule has 2 aromatic heterocycles. The van der Waals surface area contributed by atoms with Gasteiger partial charge in [-0.2, -0.15) is 0 Å². The highest BCUT2D eigenvalue weighted by molar-refractivity contribution is 9.10. The molecule has 0 bridgehead atoms. The van der Waals surface area contributed by atoms with Crippen LogP contribution in [0.3, 0.4) is 0 Å². The maximum Gasteiger partial charge on any atom is 0.326 e. The predicted molar refractivity (Wildman–Crippen MR) is 115 cm³/mol. The van der Waals surface area contributed by atoms with Crippen molar-refractivity contribution in [1.82, 2.24) is 9.38 Å². The fraction of sp³-hybridized carbons (Fsp3) is 0.333. The largest absolute Gasteiger partial charge is 0.426 e. The van der Waals surface area contributed by atoms with Gasteiger partial charge >= 0.3 is 5.97 Å². The van der Waals surface area contributed by atoms with Crippen molar-refractivity contribution in [3.63, 3.8) is 0 Å². The number of ether oxygens (including phenoxy) is 1. The second kappa shape index (κ2) is 8.53. The van der Waals surface area contributed by atoms with Gasteiger partial charge in [-0.15, -0.1) is 11.6 Å². The molecule has 1 fully saturated rings. The van der Waals surface area contributed by atoms with Crippen molar-refractivity contribution in [1.29, 1.82) is 0 Å². The van der Waals surface area contributed by atoms with Crippen LogP contribution in [0.2, 0.25) is 0 Å². The number of carbonyl (C=O) groups is 1. The van der Waals surface area contributed by atoms with Gasteiger partial charge in [0.25, 0.3) is 0 Å². The van der Waals surface area contributed by atoms with Crippen molar-refractivity contribution in [2.24, 2.45) is 0 Å². The molecule has 146 valence electrons. The quantitative estimate of drug-likeness (QED) is 0.302. The van der Waals surface area contributed by atoms with Gasteiger partial charge in [0.1, 0.15) is 28.8 Å². The number of alkyl halides is 1. The number of nitrogens with one attached hydrogen (secondary N) is 1. The summed E-state index contributed by atoms with van der Waals surface area (Å²) in [7, 11) is 0. The number of fused-ring (bicyclic) bond motifs is 1. The number of pyridine rings is 1. The Morgan fingerprint density at radius 3 is 2.86 bits per heavy atom. The third-order valence-corrected chi connectivity index (χ3v) is 5.66. The number of hydrogen-bond acceptors (Lipinski definition) is 4. The number of halogens is 2. The second-order valence-corrected chi connectivity index (χ2v) is 8.18. The average Bonchev–Trinajstić information content (AvgIpc) is 3.06. The van der Waals surface area contributed by atoms with Crippen LogP contribution in [-0.4, -0.2) is 27.3 Å². The van der Waals surface area contributed by atoms with Gasteiger partial charge in [0.05, 0.1) is 0 Å². The second-order valence-electron chi connectivity index (χ2n) is 7.00. The van der Waals surface area contributed by atoms with Crippen molar-refractivity contribution in [2.45, 2.75) is 38.1 Å². The molecule has 0 radical (unpaired) electrons. The molecule has 3 aromatic rings. The van der Waals surface area contributed by atoms with E-state index in [9.17, 15) is 4.79 Å². The van der Waals surface area contributed by atoms with Gasteiger partial charge in [0, 0.05) is 22.3 Å². The summed E-state index contributed by atoms with van der Waals surface area (Å²) in [4.78, 5) is 16.4. The zero-order valence-corrected chi connectivity index (χ0v) is 17.7. The van der Waals surface area contributed by atoms with Crippen LogP contribution in [-0.2, 0) is 4.79 Å². The first-order valence-electron chi connectivity index (χ1n) is 9.45. The Morgan fingerprint density at radius 1 is 1.25 bits per heavy atom. The van der Waals surface area contributed by atoms with Gasteiger partial charge in [-0.1, -0.05) is 31.4 Å². The van der Waals surface area contributed by atoms with Gasteiger partial charge in [-0.25, -0.2) is 4.98 Å². The fourth-order valence-corrected chi connectivity index (χ4v) is 4.06. The number of aromatic nitrogens is 2. The molecule has 0 atom stereocenters. The van der Waals surface area contributed by atoms with Crippen molar-refractivity contribution in [3.05, 3.63) is 47.1 Å². The molecule has 1 aliphatic carbocycles. The highest BCUT2D eigenvalue weighted by atomic mass is 79.9. The smallest absolute Gasteiger partial charge is 0.326 e. The summed E-state index contributed by atoms with van der Waals surface area (Å²) in [5.41, 5.74) is 2.59. The molecule has 1 N–H and O–H groups in total. The highest BCUT2D eigenvalue weighted by Gasteiger charge is 2.20. The Bertz CT molecular complexity index is 998. The third kappa shape index (κ3) is 4.18. The molecule has 0 saturated heterocycles. The van der Waals surface area contributed by atoms with E-state index in [4.69, 9.17) is 21.3 Å². The van der Waals surface area contributed by atoms with E-state index in [1.165, 1.54) is 19.3 Å². The van der Waals surface area contributed by atoms with Crippen LogP contribution in [0, 0.1) is 0 Å². The van der Waals surface area contributed by atoms with Crippen LogP contribution in [0.15, 0.2) is 47.1 Å². The Hall–Kier alpha value is -2.05. The summed E-state index contributed by atoms with van der Waals surface area (Å²) in [6, 6.07) is 11.8. The van der Waals surface area contributed by atoms with Crippen molar-refractivity contribution in [3.8, 4) is 17.0 Å². The monoisotopic (exact) mass is 461 g/mol. The van der Waals surface area contributed by atoms with E-state index in [1.54, 1.807) is 6.07 Å². The van der Waals surface area contributed by atoms with E-state index >= 15 is 0 Å². The highest BCUT2D eigenvalue weighted by Crippen LogP contribution is 2.33. The zero-order chi connectivity index (χ0) is 19.5. The number of nitrogens with zero attached hydrogens (tertiary/aromatic N) is 2. The summed E-state index contributed by atoms with van der Waals surface area (Å²) in [6.07, 6.45) is 8.14. The van der Waals surface area contributed by atoms with Crippen molar-refractivity contribution >= 4 is 45.0 Å². The third-order valence-electron chi connectivity index (χ3n) is 4.98. The first-order chi connectivity index (χ1) is 13.6. The van der Waals surface area contributed by atoms with Gasteiger partial charge < -0.3 is 10.1 Å². The van der Waals surface area contributed by atoms with Gasteiger partial charge in [0.15, 0.2) is 0 Å². The summed E-state index contributed by atoms with van der Waals surface area (Å²) in [5.74, 6) is 0.772. The lowest BCUT2D eigenvalue weighted by atomic mass is 9.95. The van der Waals surface area contributed by atoms with E-state index in [1.807, 2.05) is 36.5 Å². The first-order valence-corrected chi connectivity index (χ1v) is 10.8. The molecule has 5 nitrogen and oxygen atoms in total. The van der Waals surface area contributed by atoms with Crippen LogP contribution in [0.4, 0.5) is 5.82 Å². The molecule has 4 rings (SSSR count). The van der Waals surface area contributed by atoms with Gasteiger partial charge in [-0.05, 0) is 53.0 Å². The zero-order valence-electron chi connectivity index (χ0n) is 15.3. The lowest BCUT2D eigenvalue weighted by molar-refractivity contribution is -0.131. The summed E-state index contributed by atoms with van der Waals surface area (Å²) in [5, 5.41) is 3.72. The molecule has 1 aromatic carbocycles. The molecular weight excluding hydrogens is 442 g/mol. The minimum Gasteiger partial charge on any atom is -0.426 e. The van der Waals surface area contributed by atoms with Crippen LogP contribution < -0.4 is 10.1 Å². The first kappa shape index (κ1) is 19.3. The van der Waals surface area contributed by atoms with Crippen LogP contribution in [0.5, 0.6) is 5.75 Å². The average molecular weight is 463 g/mol. The number of carbonyl (C=O) groups excluding carboxylic acids is 1. The maximum absolute atomic E-state index is 11.5. The maximum atomic E-state index is 11.5. The minimum absolute atomic E-state index is 0.179. The molecule has 1 saturated carbocycles. The van der Waals surface area contributed by atoms with E-state index in [0.29, 0.717) is 11.8 Å². The minimum atomic E-state index is -0.474. The Balaban J connectivity index is 1.76.